The average molecular weight is 751 g/mol. The predicted molar refractivity (Wildman–Crippen MR) is 239 cm³/mol. The molecule has 4 nitrogen and oxygen atoms in total. The summed E-state index contributed by atoms with van der Waals surface area (Å²) in [5.74, 6) is 1.79. The molecule has 10 aromatic rings. The van der Waals surface area contributed by atoms with Crippen molar-refractivity contribution in [1.29, 1.82) is 0 Å². The van der Waals surface area contributed by atoms with Crippen LogP contribution in [0.1, 0.15) is 22.3 Å². The molecule has 0 radical (unpaired) electrons. The Balaban J connectivity index is 1.10. The van der Waals surface area contributed by atoms with E-state index in [4.69, 9.17) is 15.0 Å². The van der Waals surface area contributed by atoms with Crippen LogP contribution in [0.25, 0.3) is 89.4 Å². The maximum Gasteiger partial charge on any atom is 0.165 e. The minimum Gasteiger partial charge on any atom is -0.264 e. The van der Waals surface area contributed by atoms with E-state index in [9.17, 15) is 0 Å². The fourth-order valence-electron chi connectivity index (χ4n) is 9.72. The van der Waals surface area contributed by atoms with Crippen LogP contribution in [0.15, 0.2) is 207 Å². The van der Waals surface area contributed by atoms with Gasteiger partial charge >= 0.3 is 0 Å². The molecule has 4 heteroatoms. The van der Waals surface area contributed by atoms with Gasteiger partial charge in [0, 0.05) is 29.1 Å². The summed E-state index contributed by atoms with van der Waals surface area (Å²) >= 11 is 0. The first-order valence-corrected chi connectivity index (χ1v) is 20.0. The first-order chi connectivity index (χ1) is 29.3. The Hall–Kier alpha value is -7.82. The number of hydrogen-bond acceptors (Lipinski definition) is 4. The molecule has 0 N–H and O–H groups in total. The number of hydrogen-bond donors (Lipinski definition) is 0. The third-order valence-electron chi connectivity index (χ3n) is 12.3. The monoisotopic (exact) mass is 750 g/mol. The minimum absolute atomic E-state index is 0.577. The Labute approximate surface area is 342 Å². The predicted octanol–water partition coefficient (Wildman–Crippen LogP) is 13.1. The molecule has 8 aromatic carbocycles. The standard InChI is InChI=1S/C55H34N4/c1-2-16-40-35(13-1)14-11-22-41(40)36-26-28-37(29-27-36)52-57-53(59-54(58-52)39-15-12-32-56-34-39)38-30-31-47-43-18-4-3-17-42(43)44-19-5-8-23-48(44)55(51(47)33-38)49-24-9-6-20-45(49)46-21-7-10-25-50(46)55/h1-34H. The van der Waals surface area contributed by atoms with E-state index in [1.807, 2.05) is 18.3 Å². The largest absolute Gasteiger partial charge is 0.264 e. The fraction of sp³-hybridized carbons (Fsp3) is 0.0182. The van der Waals surface area contributed by atoms with Crippen LogP contribution in [0.3, 0.4) is 0 Å². The molecule has 0 unspecified atom stereocenters. The second kappa shape index (κ2) is 13.1. The second-order valence-electron chi connectivity index (χ2n) is 15.3. The van der Waals surface area contributed by atoms with Gasteiger partial charge in [-0.05, 0) is 95.7 Å². The highest BCUT2D eigenvalue weighted by Gasteiger charge is 2.49. The first kappa shape index (κ1) is 33.3. The van der Waals surface area contributed by atoms with Gasteiger partial charge < -0.3 is 0 Å². The molecule has 0 amide bonds. The van der Waals surface area contributed by atoms with Gasteiger partial charge in [0.2, 0.25) is 0 Å². The van der Waals surface area contributed by atoms with Crippen molar-refractivity contribution in [2.75, 3.05) is 0 Å². The Morgan fingerprint density at radius 2 is 0.780 bits per heavy atom. The SMILES string of the molecule is c1cncc(-c2nc(-c3ccc(-c4cccc5ccccc45)cc3)nc(-c3ccc4c(c3)C3(c5ccccc5-c5ccccc5-4)c4ccccc4-c4ccccc43)n2)c1. The van der Waals surface area contributed by atoms with Crippen molar-refractivity contribution in [3.05, 3.63) is 229 Å². The van der Waals surface area contributed by atoms with Crippen LogP contribution in [0.4, 0.5) is 0 Å². The van der Waals surface area contributed by atoms with Crippen LogP contribution in [-0.4, -0.2) is 19.9 Å². The lowest BCUT2D eigenvalue weighted by Gasteiger charge is -2.35. The van der Waals surface area contributed by atoms with Crippen LogP contribution in [0, 0.1) is 0 Å². The molecule has 2 heterocycles. The van der Waals surface area contributed by atoms with Gasteiger partial charge in [0.25, 0.3) is 0 Å². The van der Waals surface area contributed by atoms with Gasteiger partial charge in [0.15, 0.2) is 17.5 Å². The van der Waals surface area contributed by atoms with E-state index in [0.29, 0.717) is 17.5 Å². The molecule has 0 aliphatic heterocycles. The number of rotatable bonds is 4. The summed E-state index contributed by atoms with van der Waals surface area (Å²) in [5.41, 5.74) is 16.8. The molecule has 0 saturated carbocycles. The lowest BCUT2D eigenvalue weighted by molar-refractivity contribution is 0.775. The second-order valence-corrected chi connectivity index (χ2v) is 15.3. The van der Waals surface area contributed by atoms with E-state index in [1.54, 1.807) is 6.20 Å². The van der Waals surface area contributed by atoms with Crippen LogP contribution in [0.5, 0.6) is 0 Å². The zero-order valence-electron chi connectivity index (χ0n) is 31.9. The first-order valence-electron chi connectivity index (χ1n) is 20.0. The van der Waals surface area contributed by atoms with Gasteiger partial charge in [-0.15, -0.1) is 0 Å². The number of pyridine rings is 1. The molecule has 0 fully saturated rings. The Morgan fingerprint density at radius 3 is 1.42 bits per heavy atom. The summed E-state index contributed by atoms with van der Waals surface area (Å²) in [6.45, 7) is 0. The van der Waals surface area contributed by atoms with Crippen LogP contribution < -0.4 is 0 Å². The van der Waals surface area contributed by atoms with Crippen LogP contribution in [0.2, 0.25) is 0 Å². The zero-order chi connectivity index (χ0) is 38.9. The highest BCUT2D eigenvalue weighted by molar-refractivity contribution is 5.99. The van der Waals surface area contributed by atoms with E-state index in [1.165, 1.54) is 72.0 Å². The van der Waals surface area contributed by atoms with Gasteiger partial charge in [-0.2, -0.15) is 0 Å². The Morgan fingerprint density at radius 1 is 0.305 bits per heavy atom. The number of fused-ring (bicyclic) bond motifs is 13. The van der Waals surface area contributed by atoms with Crippen molar-refractivity contribution in [3.63, 3.8) is 0 Å². The van der Waals surface area contributed by atoms with Crippen LogP contribution in [-0.2, 0) is 5.41 Å². The van der Waals surface area contributed by atoms with Gasteiger partial charge in [-0.3, -0.25) is 4.98 Å². The molecule has 0 bridgehead atoms. The summed E-state index contributed by atoms with van der Waals surface area (Å²) < 4.78 is 0. The molecule has 59 heavy (non-hydrogen) atoms. The Bertz CT molecular complexity index is 3230. The number of nitrogens with zero attached hydrogens (tertiary/aromatic N) is 4. The number of benzene rings is 8. The van der Waals surface area contributed by atoms with Gasteiger partial charge in [-0.25, -0.2) is 15.0 Å². The number of aromatic nitrogens is 4. The molecule has 0 atom stereocenters. The van der Waals surface area contributed by atoms with E-state index in [0.717, 1.165) is 22.3 Å². The molecule has 0 saturated heterocycles. The van der Waals surface area contributed by atoms with Gasteiger partial charge in [0.1, 0.15) is 0 Å². The quantitative estimate of drug-likeness (QED) is 0.180. The minimum atomic E-state index is -0.604. The maximum absolute atomic E-state index is 5.27. The van der Waals surface area contributed by atoms with Crippen molar-refractivity contribution in [1.82, 2.24) is 19.9 Å². The summed E-state index contributed by atoms with van der Waals surface area (Å²) in [6.07, 6.45) is 3.59. The van der Waals surface area contributed by atoms with Gasteiger partial charge in [-0.1, -0.05) is 176 Å². The summed E-state index contributed by atoms with van der Waals surface area (Å²) in [6, 6.07) is 70.0. The average Bonchev–Trinajstić information content (AvgIpc) is 3.56. The topological polar surface area (TPSA) is 51.6 Å². The fourth-order valence-corrected chi connectivity index (χ4v) is 9.72. The molecule has 2 aromatic heterocycles. The molecule has 12 rings (SSSR count). The Kier molecular flexibility index (Phi) is 7.41. The summed E-state index contributed by atoms with van der Waals surface area (Å²) in [7, 11) is 0. The third kappa shape index (κ3) is 5.03. The van der Waals surface area contributed by atoms with Gasteiger partial charge in [0.05, 0.1) is 5.41 Å². The molecule has 2 aliphatic rings. The molecule has 1 spiro atoms. The lowest BCUT2D eigenvalue weighted by atomic mass is 9.65. The van der Waals surface area contributed by atoms with Crippen molar-refractivity contribution in [2.45, 2.75) is 5.41 Å². The molecule has 274 valence electrons. The maximum atomic E-state index is 5.27. The smallest absolute Gasteiger partial charge is 0.165 e. The zero-order valence-corrected chi connectivity index (χ0v) is 31.9. The molecule has 2 aliphatic carbocycles. The van der Waals surface area contributed by atoms with Crippen LogP contribution >= 0.6 is 0 Å². The lowest BCUT2D eigenvalue weighted by Crippen LogP contribution is -2.29. The van der Waals surface area contributed by atoms with Crippen molar-refractivity contribution >= 4 is 10.8 Å². The summed E-state index contributed by atoms with van der Waals surface area (Å²) in [4.78, 5) is 20.0. The normalized spacial score (nSPS) is 12.9. The van der Waals surface area contributed by atoms with Crippen molar-refractivity contribution in [2.24, 2.45) is 0 Å². The van der Waals surface area contributed by atoms with E-state index in [-0.39, 0.29) is 0 Å². The highest BCUT2D eigenvalue weighted by Crippen LogP contribution is 2.61. The van der Waals surface area contributed by atoms with E-state index >= 15 is 0 Å². The van der Waals surface area contributed by atoms with E-state index < -0.39 is 5.41 Å². The van der Waals surface area contributed by atoms with Crippen molar-refractivity contribution in [3.8, 4) is 78.7 Å². The summed E-state index contributed by atoms with van der Waals surface area (Å²) in [5, 5.41) is 2.44. The molecular weight excluding hydrogens is 717 g/mol. The molecular formula is C55H34N4. The highest BCUT2D eigenvalue weighted by atomic mass is 15.0. The van der Waals surface area contributed by atoms with Crippen molar-refractivity contribution < 1.29 is 0 Å². The third-order valence-corrected chi connectivity index (χ3v) is 12.3. The van der Waals surface area contributed by atoms with E-state index in [2.05, 4.69) is 187 Å².